The van der Waals surface area contributed by atoms with Crippen LogP contribution >= 0.6 is 0 Å². The summed E-state index contributed by atoms with van der Waals surface area (Å²) in [6.45, 7) is 5.77. The highest BCUT2D eigenvalue weighted by atomic mass is 19.1. The average molecular weight is 275 g/mol. The van der Waals surface area contributed by atoms with E-state index < -0.39 is 0 Å². The Balaban J connectivity index is 2.25. The number of likely N-dealkylation sites (N-methyl/N-ethyl adjacent to an activating group) is 1. The summed E-state index contributed by atoms with van der Waals surface area (Å²) in [7, 11) is 1.93. The molecule has 1 N–H and O–H groups in total. The van der Waals surface area contributed by atoms with Crippen molar-refractivity contribution in [2.24, 2.45) is 0 Å². The van der Waals surface area contributed by atoms with Gasteiger partial charge in [-0.1, -0.05) is 12.1 Å². The Kier molecular flexibility index (Phi) is 4.90. The first-order valence-electron chi connectivity index (χ1n) is 7.07. The van der Waals surface area contributed by atoms with Crippen molar-refractivity contribution < 1.29 is 4.39 Å². The van der Waals surface area contributed by atoms with Crippen LogP contribution in [0.5, 0.6) is 0 Å². The summed E-state index contributed by atoms with van der Waals surface area (Å²) >= 11 is 0. The molecule has 0 aliphatic carbocycles. The fourth-order valence-electron chi connectivity index (χ4n) is 2.60. The van der Waals surface area contributed by atoms with Crippen LogP contribution in [0.3, 0.4) is 0 Å². The number of aromatic nitrogens is 2. The number of benzene rings is 1. The van der Waals surface area contributed by atoms with Crippen LogP contribution in [0.2, 0.25) is 0 Å². The molecule has 0 fully saturated rings. The molecule has 0 radical (unpaired) electrons. The summed E-state index contributed by atoms with van der Waals surface area (Å²) < 4.78 is 15.4. The second-order valence-corrected chi connectivity index (χ2v) is 5.11. The predicted molar refractivity (Wildman–Crippen MR) is 79.4 cm³/mol. The largest absolute Gasteiger partial charge is 0.319 e. The Morgan fingerprint density at radius 2 is 2.15 bits per heavy atom. The Labute approximate surface area is 119 Å². The molecular formula is C16H22FN3. The van der Waals surface area contributed by atoms with Crippen molar-refractivity contribution in [2.75, 3.05) is 13.6 Å². The van der Waals surface area contributed by atoms with Gasteiger partial charge in [0.2, 0.25) is 0 Å². The van der Waals surface area contributed by atoms with E-state index in [2.05, 4.69) is 23.4 Å². The van der Waals surface area contributed by atoms with Gasteiger partial charge in [-0.25, -0.2) is 4.39 Å². The Morgan fingerprint density at radius 3 is 2.80 bits per heavy atom. The highest BCUT2D eigenvalue weighted by molar-refractivity contribution is 5.24. The van der Waals surface area contributed by atoms with Crippen LogP contribution in [-0.2, 0) is 13.0 Å². The number of nitrogens with one attached hydrogen (secondary N) is 1. The number of aryl methyl sites for hydroxylation is 2. The van der Waals surface area contributed by atoms with Gasteiger partial charge in [0.05, 0.1) is 5.69 Å². The number of hydrogen-bond acceptors (Lipinski definition) is 2. The number of halogens is 1. The molecule has 0 aliphatic rings. The third-order valence-corrected chi connectivity index (χ3v) is 3.51. The lowest BCUT2D eigenvalue weighted by Gasteiger charge is -2.17. The molecule has 2 rings (SSSR count). The van der Waals surface area contributed by atoms with Crippen molar-refractivity contribution in [3.05, 3.63) is 53.1 Å². The van der Waals surface area contributed by atoms with E-state index in [-0.39, 0.29) is 11.7 Å². The van der Waals surface area contributed by atoms with Gasteiger partial charge in [0.15, 0.2) is 0 Å². The summed E-state index contributed by atoms with van der Waals surface area (Å²) in [5, 5.41) is 7.67. The van der Waals surface area contributed by atoms with Crippen molar-refractivity contribution >= 4 is 0 Å². The van der Waals surface area contributed by atoms with Gasteiger partial charge >= 0.3 is 0 Å². The zero-order valence-corrected chi connectivity index (χ0v) is 12.4. The van der Waals surface area contributed by atoms with Gasteiger partial charge in [0.1, 0.15) is 5.82 Å². The number of nitrogens with zero attached hydrogens (tertiary/aromatic N) is 2. The number of hydrogen-bond donors (Lipinski definition) is 1. The maximum Gasteiger partial charge on any atom is 0.123 e. The van der Waals surface area contributed by atoms with Gasteiger partial charge in [-0.3, -0.25) is 4.68 Å². The molecule has 4 heteroatoms. The molecule has 20 heavy (non-hydrogen) atoms. The van der Waals surface area contributed by atoms with Crippen molar-refractivity contribution in [3.63, 3.8) is 0 Å². The predicted octanol–water partition coefficient (Wildman–Crippen LogP) is 2.90. The summed E-state index contributed by atoms with van der Waals surface area (Å²) in [5.41, 5.74) is 3.26. The van der Waals surface area contributed by atoms with Crippen LogP contribution in [0.15, 0.2) is 30.3 Å². The molecule has 1 aromatic heterocycles. The topological polar surface area (TPSA) is 29.9 Å². The first-order valence-corrected chi connectivity index (χ1v) is 7.07. The average Bonchev–Trinajstić information content (AvgIpc) is 2.78. The monoisotopic (exact) mass is 275 g/mol. The highest BCUT2D eigenvalue weighted by Gasteiger charge is 2.15. The van der Waals surface area contributed by atoms with Crippen LogP contribution < -0.4 is 5.32 Å². The summed E-state index contributed by atoms with van der Waals surface area (Å²) in [6.07, 6.45) is 0.860. The van der Waals surface area contributed by atoms with E-state index >= 15 is 0 Å². The van der Waals surface area contributed by atoms with Gasteiger partial charge < -0.3 is 5.32 Å². The molecule has 0 saturated heterocycles. The molecule has 0 saturated carbocycles. The minimum Gasteiger partial charge on any atom is -0.319 e. The second kappa shape index (κ2) is 6.66. The van der Waals surface area contributed by atoms with Crippen LogP contribution in [0.25, 0.3) is 0 Å². The van der Waals surface area contributed by atoms with Gasteiger partial charge in [-0.05, 0) is 51.1 Å². The molecule has 0 aliphatic heterocycles. The number of rotatable bonds is 6. The SMILES string of the molecule is CCn1nc(C)cc1CC(CNC)c1cccc(F)c1. The molecule has 1 heterocycles. The first kappa shape index (κ1) is 14.7. The summed E-state index contributed by atoms with van der Waals surface area (Å²) in [4.78, 5) is 0. The quantitative estimate of drug-likeness (QED) is 0.878. The third-order valence-electron chi connectivity index (χ3n) is 3.51. The van der Waals surface area contributed by atoms with Crippen molar-refractivity contribution in [2.45, 2.75) is 32.7 Å². The van der Waals surface area contributed by atoms with Gasteiger partial charge in [0.25, 0.3) is 0 Å². The van der Waals surface area contributed by atoms with Crippen LogP contribution in [0, 0.1) is 12.7 Å². The molecule has 1 aromatic carbocycles. The van der Waals surface area contributed by atoms with Crippen LogP contribution in [0.1, 0.15) is 29.8 Å². The Hall–Kier alpha value is -1.68. The standard InChI is InChI=1S/C16H22FN3/c1-4-20-16(8-12(2)19-20)10-14(11-18-3)13-6-5-7-15(17)9-13/h5-9,14,18H,4,10-11H2,1-3H3. The molecule has 3 nitrogen and oxygen atoms in total. The molecule has 1 atom stereocenters. The van der Waals surface area contributed by atoms with Crippen molar-refractivity contribution in [3.8, 4) is 0 Å². The summed E-state index contributed by atoms with van der Waals surface area (Å²) in [5.74, 6) is 0.0703. The zero-order valence-electron chi connectivity index (χ0n) is 12.4. The second-order valence-electron chi connectivity index (χ2n) is 5.11. The molecule has 1 unspecified atom stereocenters. The van der Waals surface area contributed by atoms with Crippen molar-refractivity contribution in [1.29, 1.82) is 0 Å². The molecule has 2 aromatic rings. The Morgan fingerprint density at radius 1 is 1.35 bits per heavy atom. The fourth-order valence-corrected chi connectivity index (χ4v) is 2.60. The van der Waals surface area contributed by atoms with E-state index in [1.807, 2.05) is 24.7 Å². The molecule has 0 spiro atoms. The maximum atomic E-state index is 13.4. The van der Waals surface area contributed by atoms with E-state index in [0.29, 0.717) is 0 Å². The maximum absolute atomic E-state index is 13.4. The van der Waals surface area contributed by atoms with Crippen LogP contribution in [0.4, 0.5) is 4.39 Å². The van der Waals surface area contributed by atoms with Gasteiger partial charge in [-0.2, -0.15) is 5.10 Å². The van der Waals surface area contributed by atoms with E-state index in [0.717, 1.165) is 30.8 Å². The first-order chi connectivity index (χ1) is 9.63. The lowest BCUT2D eigenvalue weighted by atomic mass is 9.94. The zero-order chi connectivity index (χ0) is 14.5. The van der Waals surface area contributed by atoms with E-state index in [1.165, 1.54) is 11.8 Å². The van der Waals surface area contributed by atoms with Gasteiger partial charge in [0, 0.05) is 24.7 Å². The molecule has 0 amide bonds. The highest BCUT2D eigenvalue weighted by Crippen LogP contribution is 2.21. The minimum absolute atomic E-state index is 0.177. The van der Waals surface area contributed by atoms with E-state index in [1.54, 1.807) is 12.1 Å². The molecular weight excluding hydrogens is 253 g/mol. The fraction of sp³-hybridized carbons (Fsp3) is 0.438. The normalized spacial score (nSPS) is 12.6. The smallest absolute Gasteiger partial charge is 0.123 e. The molecule has 108 valence electrons. The molecule has 0 bridgehead atoms. The minimum atomic E-state index is -0.177. The lowest BCUT2D eigenvalue weighted by molar-refractivity contribution is 0.558. The van der Waals surface area contributed by atoms with Crippen molar-refractivity contribution in [1.82, 2.24) is 15.1 Å². The Bertz CT molecular complexity index is 563. The summed E-state index contributed by atoms with van der Waals surface area (Å²) in [6, 6.07) is 8.99. The van der Waals surface area contributed by atoms with Gasteiger partial charge in [-0.15, -0.1) is 0 Å². The van der Waals surface area contributed by atoms with Crippen LogP contribution in [-0.4, -0.2) is 23.4 Å². The lowest BCUT2D eigenvalue weighted by Crippen LogP contribution is -2.20. The third kappa shape index (κ3) is 3.45. The van der Waals surface area contributed by atoms with E-state index in [4.69, 9.17) is 0 Å². The van der Waals surface area contributed by atoms with E-state index in [9.17, 15) is 4.39 Å².